The largest absolute Gasteiger partial charge is 0.353 e. The molecule has 21 heavy (non-hydrogen) atoms. The second kappa shape index (κ2) is 5.61. The van der Waals surface area contributed by atoms with Gasteiger partial charge in [0.2, 0.25) is 17.9 Å². The first kappa shape index (κ1) is 14.3. The van der Waals surface area contributed by atoms with Gasteiger partial charge in [0.25, 0.3) is 0 Å². The summed E-state index contributed by atoms with van der Waals surface area (Å²) in [6, 6.07) is -0.527. The van der Waals surface area contributed by atoms with Gasteiger partial charge < -0.3 is 10.2 Å². The molecule has 7 heteroatoms. The third-order valence-corrected chi connectivity index (χ3v) is 4.97. The van der Waals surface area contributed by atoms with Crippen molar-refractivity contribution < 1.29 is 14.5 Å². The fraction of sp³-hybridized carbons (Fsp3) is 0.857. The van der Waals surface area contributed by atoms with Gasteiger partial charge in [-0.15, -0.1) is 0 Å². The van der Waals surface area contributed by atoms with E-state index in [1.807, 2.05) is 0 Å². The number of piperidine rings is 1. The number of nitrogens with zero attached hydrogens (tertiary/aromatic N) is 2. The monoisotopic (exact) mass is 295 g/mol. The maximum atomic E-state index is 12.1. The van der Waals surface area contributed by atoms with E-state index in [4.69, 9.17) is 0 Å². The van der Waals surface area contributed by atoms with Crippen molar-refractivity contribution in [3.63, 3.8) is 0 Å². The molecule has 2 saturated carbocycles. The summed E-state index contributed by atoms with van der Waals surface area (Å²) >= 11 is 0. The van der Waals surface area contributed by atoms with Crippen molar-refractivity contribution in [2.45, 2.75) is 50.6 Å². The first-order valence-corrected chi connectivity index (χ1v) is 7.79. The van der Waals surface area contributed by atoms with Crippen molar-refractivity contribution in [1.82, 2.24) is 10.2 Å². The minimum absolute atomic E-state index is 0.0829. The SMILES string of the molecule is O=C(NC1CCN(C(=O)[C@@H]2C[C@@H]2[N+](=O)[O-])CC1)C1CCC1. The molecule has 0 radical (unpaired) electrons. The third-order valence-electron chi connectivity index (χ3n) is 4.97. The molecule has 7 nitrogen and oxygen atoms in total. The predicted octanol–water partition coefficient (Wildman–Crippen LogP) is 0.559. The van der Waals surface area contributed by atoms with Crippen LogP contribution in [0.2, 0.25) is 0 Å². The Morgan fingerprint density at radius 3 is 2.29 bits per heavy atom. The highest BCUT2D eigenvalue weighted by Crippen LogP contribution is 2.35. The third kappa shape index (κ3) is 3.01. The van der Waals surface area contributed by atoms with Crippen LogP contribution in [0.1, 0.15) is 38.5 Å². The topological polar surface area (TPSA) is 92.6 Å². The van der Waals surface area contributed by atoms with Crippen LogP contribution < -0.4 is 5.32 Å². The maximum absolute atomic E-state index is 12.1. The summed E-state index contributed by atoms with van der Waals surface area (Å²) in [4.78, 5) is 36.0. The lowest BCUT2D eigenvalue weighted by Crippen LogP contribution is -2.49. The number of hydrogen-bond donors (Lipinski definition) is 1. The van der Waals surface area contributed by atoms with E-state index in [0.717, 1.165) is 32.1 Å². The molecule has 0 unspecified atom stereocenters. The van der Waals surface area contributed by atoms with E-state index >= 15 is 0 Å². The molecule has 3 aliphatic rings. The quantitative estimate of drug-likeness (QED) is 0.606. The zero-order valence-electron chi connectivity index (χ0n) is 12.0. The van der Waals surface area contributed by atoms with Crippen LogP contribution in [0.5, 0.6) is 0 Å². The zero-order valence-corrected chi connectivity index (χ0v) is 12.0. The highest BCUT2D eigenvalue weighted by molar-refractivity contribution is 5.82. The fourth-order valence-corrected chi connectivity index (χ4v) is 3.15. The van der Waals surface area contributed by atoms with Gasteiger partial charge in [-0.05, 0) is 25.7 Å². The van der Waals surface area contributed by atoms with E-state index in [9.17, 15) is 19.7 Å². The lowest BCUT2D eigenvalue weighted by molar-refractivity contribution is -0.497. The first-order valence-electron chi connectivity index (χ1n) is 7.79. The van der Waals surface area contributed by atoms with Crippen molar-refractivity contribution >= 4 is 11.8 Å². The highest BCUT2D eigenvalue weighted by Gasteiger charge is 2.54. The molecule has 0 spiro atoms. The van der Waals surface area contributed by atoms with Gasteiger partial charge in [-0.25, -0.2) is 0 Å². The van der Waals surface area contributed by atoms with E-state index in [-0.39, 0.29) is 28.7 Å². The van der Waals surface area contributed by atoms with Crippen molar-refractivity contribution in [2.75, 3.05) is 13.1 Å². The summed E-state index contributed by atoms with van der Waals surface area (Å²) in [6.45, 7) is 1.19. The molecule has 0 aromatic rings. The van der Waals surface area contributed by atoms with Crippen molar-refractivity contribution in [3.8, 4) is 0 Å². The van der Waals surface area contributed by atoms with Crippen molar-refractivity contribution in [1.29, 1.82) is 0 Å². The van der Waals surface area contributed by atoms with Gasteiger partial charge in [0.05, 0.1) is 0 Å². The van der Waals surface area contributed by atoms with Crippen LogP contribution in [0.3, 0.4) is 0 Å². The van der Waals surface area contributed by atoms with Gasteiger partial charge >= 0.3 is 0 Å². The maximum Gasteiger partial charge on any atom is 0.232 e. The lowest BCUT2D eigenvalue weighted by Gasteiger charge is -2.34. The predicted molar refractivity (Wildman–Crippen MR) is 74.0 cm³/mol. The molecule has 0 aromatic carbocycles. The van der Waals surface area contributed by atoms with Crippen LogP contribution in [0.15, 0.2) is 0 Å². The highest BCUT2D eigenvalue weighted by atomic mass is 16.6. The van der Waals surface area contributed by atoms with Gasteiger partial charge in [0.1, 0.15) is 5.92 Å². The number of nitro groups is 1. The van der Waals surface area contributed by atoms with Crippen LogP contribution in [-0.2, 0) is 9.59 Å². The first-order chi connectivity index (χ1) is 10.1. The molecule has 116 valence electrons. The van der Waals surface area contributed by atoms with Gasteiger partial charge in [-0.1, -0.05) is 6.42 Å². The van der Waals surface area contributed by atoms with E-state index in [0.29, 0.717) is 19.5 Å². The van der Waals surface area contributed by atoms with Crippen LogP contribution >= 0.6 is 0 Å². The van der Waals surface area contributed by atoms with E-state index < -0.39 is 12.0 Å². The van der Waals surface area contributed by atoms with E-state index in [1.54, 1.807) is 4.90 Å². The molecular formula is C14H21N3O4. The normalized spacial score (nSPS) is 29.6. The molecule has 1 aliphatic heterocycles. The number of carbonyl (C=O) groups is 2. The molecule has 2 aliphatic carbocycles. The summed E-state index contributed by atoms with van der Waals surface area (Å²) in [7, 11) is 0. The molecule has 1 N–H and O–H groups in total. The Balaban J connectivity index is 1.41. The van der Waals surface area contributed by atoms with Crippen LogP contribution in [0.4, 0.5) is 0 Å². The Morgan fingerprint density at radius 2 is 1.81 bits per heavy atom. The summed E-state index contributed by atoms with van der Waals surface area (Å²) in [5.41, 5.74) is 0. The van der Waals surface area contributed by atoms with Gasteiger partial charge in [-0.3, -0.25) is 19.7 Å². The minimum Gasteiger partial charge on any atom is -0.353 e. The second-order valence-corrected chi connectivity index (χ2v) is 6.43. The number of amides is 2. The molecule has 2 amide bonds. The molecule has 3 rings (SSSR count). The number of nitrogens with one attached hydrogen (secondary N) is 1. The standard InChI is InChI=1S/C14H21N3O4/c18-13(9-2-1-3-9)15-10-4-6-16(7-5-10)14(19)11-8-12(11)17(20)21/h9-12H,1-8H2,(H,15,18)/t11-,12+/m1/s1. The molecular weight excluding hydrogens is 274 g/mol. The lowest BCUT2D eigenvalue weighted by atomic mass is 9.84. The average Bonchev–Trinajstić information content (AvgIpc) is 3.17. The van der Waals surface area contributed by atoms with Crippen LogP contribution in [0, 0.1) is 22.0 Å². The molecule has 0 aromatic heterocycles. The second-order valence-electron chi connectivity index (χ2n) is 6.43. The van der Waals surface area contributed by atoms with Crippen LogP contribution in [-0.4, -0.2) is 46.8 Å². The summed E-state index contributed by atoms with van der Waals surface area (Å²) < 4.78 is 0. The zero-order chi connectivity index (χ0) is 15.0. The molecule has 0 bridgehead atoms. The molecule has 2 atom stereocenters. The summed E-state index contributed by atoms with van der Waals surface area (Å²) in [5, 5.41) is 13.7. The average molecular weight is 295 g/mol. The Bertz CT molecular complexity index is 455. The Hall–Kier alpha value is -1.66. The summed E-state index contributed by atoms with van der Waals surface area (Å²) in [5.74, 6) is -0.153. The molecule has 3 fully saturated rings. The Morgan fingerprint density at radius 1 is 1.14 bits per heavy atom. The minimum atomic E-state index is -0.673. The van der Waals surface area contributed by atoms with Crippen molar-refractivity contribution in [3.05, 3.63) is 10.1 Å². The molecule has 1 heterocycles. The van der Waals surface area contributed by atoms with E-state index in [2.05, 4.69) is 5.32 Å². The summed E-state index contributed by atoms with van der Waals surface area (Å²) in [6.07, 6.45) is 5.01. The number of rotatable bonds is 4. The van der Waals surface area contributed by atoms with Crippen molar-refractivity contribution in [2.24, 2.45) is 11.8 Å². The van der Waals surface area contributed by atoms with Crippen LogP contribution in [0.25, 0.3) is 0 Å². The molecule has 1 saturated heterocycles. The van der Waals surface area contributed by atoms with Gasteiger partial charge in [0.15, 0.2) is 0 Å². The van der Waals surface area contributed by atoms with Gasteiger partial charge in [0, 0.05) is 36.4 Å². The Kier molecular flexibility index (Phi) is 3.82. The van der Waals surface area contributed by atoms with Gasteiger partial charge in [-0.2, -0.15) is 0 Å². The number of carbonyl (C=O) groups excluding carboxylic acids is 2. The Labute approximate surface area is 123 Å². The number of likely N-dealkylation sites (tertiary alicyclic amines) is 1. The fourth-order valence-electron chi connectivity index (χ4n) is 3.15. The van der Waals surface area contributed by atoms with E-state index in [1.165, 1.54) is 0 Å². The smallest absolute Gasteiger partial charge is 0.232 e. The number of hydrogen-bond acceptors (Lipinski definition) is 4.